The average Bonchev–Trinajstić information content (AvgIpc) is 2.51. The minimum Gasteiger partial charge on any atom is -0.307 e. The van der Waals surface area contributed by atoms with Gasteiger partial charge < -0.3 is 5.32 Å². The zero-order valence-electron chi connectivity index (χ0n) is 12.4. The van der Waals surface area contributed by atoms with Gasteiger partial charge in [0.2, 0.25) is 0 Å². The van der Waals surface area contributed by atoms with Crippen LogP contribution in [-0.4, -0.2) is 6.04 Å². The zero-order valence-corrected chi connectivity index (χ0v) is 12.4. The molecule has 1 aliphatic rings. The standard InChI is InChI=1S/C17H26FN/c1-13(14-6-4-7-15(18)12-14)19-16-8-5-10-17(2,3)11-9-16/h4,6-7,12-13,16,19H,5,8-11H2,1-3H3/t13-,16?/m0/s1. The Morgan fingerprint density at radius 1 is 1.26 bits per heavy atom. The Morgan fingerprint density at radius 3 is 2.79 bits per heavy atom. The summed E-state index contributed by atoms with van der Waals surface area (Å²) in [7, 11) is 0. The molecule has 1 aliphatic carbocycles. The third-order valence-electron chi connectivity index (χ3n) is 4.41. The summed E-state index contributed by atoms with van der Waals surface area (Å²) in [5, 5.41) is 3.67. The van der Waals surface area contributed by atoms with E-state index in [-0.39, 0.29) is 11.9 Å². The van der Waals surface area contributed by atoms with Crippen molar-refractivity contribution in [3.8, 4) is 0 Å². The van der Waals surface area contributed by atoms with Crippen molar-refractivity contribution in [2.24, 2.45) is 5.41 Å². The first-order valence-electron chi connectivity index (χ1n) is 7.48. The third-order valence-corrected chi connectivity index (χ3v) is 4.41. The van der Waals surface area contributed by atoms with Crippen molar-refractivity contribution in [1.29, 1.82) is 0 Å². The topological polar surface area (TPSA) is 12.0 Å². The molecule has 1 aromatic rings. The first kappa shape index (κ1) is 14.5. The molecule has 0 saturated heterocycles. The van der Waals surface area contributed by atoms with Gasteiger partial charge in [-0.2, -0.15) is 0 Å². The van der Waals surface area contributed by atoms with Gasteiger partial charge in [0, 0.05) is 12.1 Å². The Hall–Kier alpha value is -0.890. The maximum atomic E-state index is 13.2. The number of rotatable bonds is 3. The van der Waals surface area contributed by atoms with Crippen LogP contribution in [0.3, 0.4) is 0 Å². The van der Waals surface area contributed by atoms with Gasteiger partial charge in [0.15, 0.2) is 0 Å². The highest BCUT2D eigenvalue weighted by Gasteiger charge is 2.25. The monoisotopic (exact) mass is 263 g/mol. The first-order valence-corrected chi connectivity index (χ1v) is 7.48. The fraction of sp³-hybridized carbons (Fsp3) is 0.647. The second-order valence-electron chi connectivity index (χ2n) is 6.74. The Labute approximate surface area is 116 Å². The van der Waals surface area contributed by atoms with E-state index in [0.29, 0.717) is 11.5 Å². The molecule has 2 rings (SSSR count). The van der Waals surface area contributed by atoms with Crippen molar-refractivity contribution in [3.05, 3.63) is 35.6 Å². The highest BCUT2D eigenvalue weighted by atomic mass is 19.1. The Kier molecular flexibility index (Phi) is 4.62. The van der Waals surface area contributed by atoms with Crippen molar-refractivity contribution in [1.82, 2.24) is 5.32 Å². The van der Waals surface area contributed by atoms with Crippen molar-refractivity contribution >= 4 is 0 Å². The zero-order chi connectivity index (χ0) is 13.9. The van der Waals surface area contributed by atoms with E-state index in [1.807, 2.05) is 6.07 Å². The number of hydrogen-bond acceptors (Lipinski definition) is 1. The first-order chi connectivity index (χ1) is 8.96. The second-order valence-corrected chi connectivity index (χ2v) is 6.74. The number of halogens is 1. The van der Waals surface area contributed by atoms with E-state index in [1.165, 1.54) is 38.2 Å². The molecule has 0 radical (unpaired) electrons. The van der Waals surface area contributed by atoms with Gasteiger partial charge in [0.1, 0.15) is 5.82 Å². The van der Waals surface area contributed by atoms with E-state index in [9.17, 15) is 4.39 Å². The molecule has 0 heterocycles. The molecule has 0 amide bonds. The predicted octanol–water partition coefficient (Wildman–Crippen LogP) is 4.84. The number of hydrogen-bond donors (Lipinski definition) is 1. The van der Waals surface area contributed by atoms with E-state index in [4.69, 9.17) is 0 Å². The van der Waals surface area contributed by atoms with Gasteiger partial charge >= 0.3 is 0 Å². The lowest BCUT2D eigenvalue weighted by Crippen LogP contribution is -2.31. The van der Waals surface area contributed by atoms with Gasteiger partial charge in [0.05, 0.1) is 0 Å². The molecule has 106 valence electrons. The minimum atomic E-state index is -0.145. The predicted molar refractivity (Wildman–Crippen MR) is 78.6 cm³/mol. The lowest BCUT2D eigenvalue weighted by atomic mass is 9.85. The van der Waals surface area contributed by atoms with Crippen LogP contribution in [0.15, 0.2) is 24.3 Å². The van der Waals surface area contributed by atoms with E-state index in [1.54, 1.807) is 12.1 Å². The second kappa shape index (κ2) is 6.04. The number of benzene rings is 1. The van der Waals surface area contributed by atoms with Crippen LogP contribution < -0.4 is 5.32 Å². The molecule has 1 unspecified atom stereocenters. The molecule has 2 atom stereocenters. The Bertz CT molecular complexity index is 413. The SMILES string of the molecule is C[C@H](NC1CCCC(C)(C)CC1)c1cccc(F)c1. The van der Waals surface area contributed by atoms with Gasteiger partial charge in [0.25, 0.3) is 0 Å². The molecule has 1 N–H and O–H groups in total. The summed E-state index contributed by atoms with van der Waals surface area (Å²) in [5.41, 5.74) is 1.53. The summed E-state index contributed by atoms with van der Waals surface area (Å²) in [4.78, 5) is 0. The van der Waals surface area contributed by atoms with Crippen LogP contribution in [-0.2, 0) is 0 Å². The molecule has 2 heteroatoms. The van der Waals surface area contributed by atoms with Crippen LogP contribution in [0, 0.1) is 11.2 Å². The quantitative estimate of drug-likeness (QED) is 0.770. The Morgan fingerprint density at radius 2 is 2.05 bits per heavy atom. The molecular formula is C17H26FN. The van der Waals surface area contributed by atoms with Gasteiger partial charge in [-0.15, -0.1) is 0 Å². The normalized spacial score (nSPS) is 24.7. The van der Waals surface area contributed by atoms with Crippen molar-refractivity contribution < 1.29 is 4.39 Å². The largest absolute Gasteiger partial charge is 0.307 e. The lowest BCUT2D eigenvalue weighted by Gasteiger charge is -2.24. The highest BCUT2D eigenvalue weighted by molar-refractivity contribution is 5.19. The summed E-state index contributed by atoms with van der Waals surface area (Å²) >= 11 is 0. The maximum absolute atomic E-state index is 13.2. The minimum absolute atomic E-state index is 0.145. The summed E-state index contributed by atoms with van der Waals surface area (Å²) < 4.78 is 13.2. The van der Waals surface area contributed by atoms with Gasteiger partial charge in [-0.25, -0.2) is 4.39 Å². The molecule has 1 fully saturated rings. The summed E-state index contributed by atoms with van der Waals surface area (Å²) in [6.07, 6.45) is 6.36. The summed E-state index contributed by atoms with van der Waals surface area (Å²) in [6, 6.07) is 7.73. The molecule has 1 nitrogen and oxygen atoms in total. The van der Waals surface area contributed by atoms with E-state index in [2.05, 4.69) is 26.1 Å². The molecular weight excluding hydrogens is 237 g/mol. The average molecular weight is 263 g/mol. The van der Waals surface area contributed by atoms with E-state index in [0.717, 1.165) is 5.56 Å². The van der Waals surface area contributed by atoms with Crippen LogP contribution >= 0.6 is 0 Å². The number of nitrogens with one attached hydrogen (secondary N) is 1. The van der Waals surface area contributed by atoms with Gasteiger partial charge in [-0.1, -0.05) is 32.4 Å². The van der Waals surface area contributed by atoms with Crippen LogP contribution in [0.1, 0.15) is 64.5 Å². The molecule has 19 heavy (non-hydrogen) atoms. The molecule has 0 aromatic heterocycles. The van der Waals surface area contributed by atoms with Crippen LogP contribution in [0.2, 0.25) is 0 Å². The van der Waals surface area contributed by atoms with Crippen molar-refractivity contribution in [3.63, 3.8) is 0 Å². The van der Waals surface area contributed by atoms with Crippen molar-refractivity contribution in [2.75, 3.05) is 0 Å². The fourth-order valence-electron chi connectivity index (χ4n) is 3.05. The molecule has 1 saturated carbocycles. The van der Waals surface area contributed by atoms with Crippen molar-refractivity contribution in [2.45, 2.75) is 65.0 Å². The molecule has 0 aliphatic heterocycles. The van der Waals surface area contributed by atoms with E-state index >= 15 is 0 Å². The Balaban J connectivity index is 1.93. The fourth-order valence-corrected chi connectivity index (χ4v) is 3.05. The van der Waals surface area contributed by atoms with Crippen LogP contribution in [0.5, 0.6) is 0 Å². The maximum Gasteiger partial charge on any atom is 0.123 e. The summed E-state index contributed by atoms with van der Waals surface area (Å²) in [6.45, 7) is 6.86. The molecule has 1 aromatic carbocycles. The summed E-state index contributed by atoms with van der Waals surface area (Å²) in [5.74, 6) is -0.145. The highest BCUT2D eigenvalue weighted by Crippen LogP contribution is 2.34. The lowest BCUT2D eigenvalue weighted by molar-refractivity contribution is 0.307. The molecule has 0 spiro atoms. The van der Waals surface area contributed by atoms with Crippen LogP contribution in [0.4, 0.5) is 4.39 Å². The van der Waals surface area contributed by atoms with E-state index < -0.39 is 0 Å². The van der Waals surface area contributed by atoms with Crippen LogP contribution in [0.25, 0.3) is 0 Å². The third kappa shape index (κ3) is 4.31. The van der Waals surface area contributed by atoms with Gasteiger partial charge in [-0.3, -0.25) is 0 Å². The smallest absolute Gasteiger partial charge is 0.123 e. The van der Waals surface area contributed by atoms with Gasteiger partial charge in [-0.05, 0) is 55.7 Å². The molecule has 0 bridgehead atoms.